The number of fused-ring (bicyclic) bond motifs is 2. The third-order valence-electron chi connectivity index (χ3n) is 4.63. The van der Waals surface area contributed by atoms with E-state index in [2.05, 4.69) is 46.7 Å². The number of rotatable bonds is 4. The highest BCUT2D eigenvalue weighted by Gasteiger charge is 2.21. The number of hydrogen-bond donors (Lipinski definition) is 4. The van der Waals surface area contributed by atoms with Crippen molar-refractivity contribution < 1.29 is 0 Å². The van der Waals surface area contributed by atoms with Crippen molar-refractivity contribution in [3.05, 3.63) is 35.1 Å². The van der Waals surface area contributed by atoms with Crippen LogP contribution in [0.25, 0.3) is 21.9 Å². The topological polar surface area (TPSA) is 94.3 Å². The van der Waals surface area contributed by atoms with E-state index in [1.165, 1.54) is 19.3 Å². The second-order valence-electron chi connectivity index (χ2n) is 6.33. The van der Waals surface area contributed by atoms with Gasteiger partial charge in [0.25, 0.3) is 0 Å². The number of H-pyrrole nitrogens is 2. The lowest BCUT2D eigenvalue weighted by molar-refractivity contribution is 0.445. The Morgan fingerprint density at radius 2 is 2.12 bits per heavy atom. The molecule has 126 valence electrons. The molecule has 7 nitrogen and oxygen atoms in total. The van der Waals surface area contributed by atoms with Gasteiger partial charge in [0, 0.05) is 27.8 Å². The molecule has 8 heteroatoms. The van der Waals surface area contributed by atoms with Crippen LogP contribution in [0.4, 0.5) is 17.5 Å². The summed E-state index contributed by atoms with van der Waals surface area (Å²) in [5.74, 6) is 1.41. The summed E-state index contributed by atoms with van der Waals surface area (Å²) < 4.78 is 0.967. The lowest BCUT2D eigenvalue weighted by Crippen LogP contribution is -2.27. The molecule has 0 spiro atoms. The number of aromatic nitrogens is 5. The number of anilines is 3. The van der Waals surface area contributed by atoms with Gasteiger partial charge in [-0.05, 0) is 53.4 Å². The van der Waals surface area contributed by atoms with Gasteiger partial charge in [-0.2, -0.15) is 15.1 Å². The Bertz CT molecular complexity index is 1060. The first-order valence-corrected chi connectivity index (χ1v) is 9.07. The van der Waals surface area contributed by atoms with Crippen LogP contribution < -0.4 is 10.6 Å². The van der Waals surface area contributed by atoms with Crippen molar-refractivity contribution in [1.29, 1.82) is 0 Å². The van der Waals surface area contributed by atoms with E-state index in [4.69, 9.17) is 4.98 Å². The van der Waals surface area contributed by atoms with Crippen molar-refractivity contribution in [3.8, 4) is 0 Å². The third kappa shape index (κ3) is 2.62. The maximum absolute atomic E-state index is 4.71. The van der Waals surface area contributed by atoms with Crippen molar-refractivity contribution in [1.82, 2.24) is 25.1 Å². The Hall–Kier alpha value is -2.61. The van der Waals surface area contributed by atoms with Gasteiger partial charge in [-0.25, -0.2) is 0 Å². The smallest absolute Gasteiger partial charge is 0.231 e. The molecule has 1 saturated carbocycles. The predicted octanol–water partition coefficient (Wildman–Crippen LogP) is 4.30. The van der Waals surface area contributed by atoms with Crippen molar-refractivity contribution in [2.45, 2.75) is 25.3 Å². The molecule has 5 rings (SSSR count). The van der Waals surface area contributed by atoms with Gasteiger partial charge >= 0.3 is 0 Å². The summed E-state index contributed by atoms with van der Waals surface area (Å²) in [6, 6.07) is 6.50. The minimum absolute atomic E-state index is 0.495. The van der Waals surface area contributed by atoms with Crippen LogP contribution in [-0.4, -0.2) is 31.2 Å². The van der Waals surface area contributed by atoms with Gasteiger partial charge in [-0.3, -0.25) is 5.10 Å². The standard InChI is InChI=1S/C17H16BrN7/c18-12-8-19-15-14(12)16(21-10-2-1-3-10)24-17(23-15)22-11-5-4-9-7-20-25-13(9)6-11/h4-8,10H,1-3H2,(H,20,25)(H3,19,21,22,23,24). The van der Waals surface area contributed by atoms with E-state index in [9.17, 15) is 0 Å². The fraction of sp³-hybridized carbons (Fsp3) is 0.235. The molecule has 4 aromatic rings. The molecule has 1 aliphatic rings. The zero-order chi connectivity index (χ0) is 16.8. The molecule has 3 aromatic heterocycles. The minimum Gasteiger partial charge on any atom is -0.367 e. The first-order valence-electron chi connectivity index (χ1n) is 8.27. The fourth-order valence-corrected chi connectivity index (χ4v) is 3.54. The minimum atomic E-state index is 0.495. The van der Waals surface area contributed by atoms with E-state index < -0.39 is 0 Å². The molecule has 0 saturated heterocycles. The third-order valence-corrected chi connectivity index (χ3v) is 5.25. The van der Waals surface area contributed by atoms with Crippen molar-refractivity contribution in [2.24, 2.45) is 0 Å². The van der Waals surface area contributed by atoms with Crippen LogP contribution in [0.5, 0.6) is 0 Å². The van der Waals surface area contributed by atoms with Gasteiger partial charge in [-0.15, -0.1) is 0 Å². The van der Waals surface area contributed by atoms with Crippen LogP contribution in [0.3, 0.4) is 0 Å². The molecule has 1 fully saturated rings. The van der Waals surface area contributed by atoms with Crippen LogP contribution in [-0.2, 0) is 0 Å². The molecule has 0 bridgehead atoms. The molecule has 0 radical (unpaired) electrons. The fourth-order valence-electron chi connectivity index (χ4n) is 3.05. The Labute approximate surface area is 151 Å². The van der Waals surface area contributed by atoms with E-state index in [0.29, 0.717) is 12.0 Å². The maximum atomic E-state index is 4.71. The number of nitrogens with zero attached hydrogens (tertiary/aromatic N) is 3. The Balaban J connectivity index is 1.53. The molecular weight excluding hydrogens is 382 g/mol. The largest absolute Gasteiger partial charge is 0.367 e. The SMILES string of the molecule is Brc1c[nH]c2nc(Nc3ccc4cn[nH]c4c3)nc(NC3CCC3)c12. The van der Waals surface area contributed by atoms with Crippen molar-refractivity contribution in [3.63, 3.8) is 0 Å². The summed E-state index contributed by atoms with van der Waals surface area (Å²) in [6.45, 7) is 0. The lowest BCUT2D eigenvalue weighted by atomic mass is 9.93. The van der Waals surface area contributed by atoms with Gasteiger partial charge in [0.1, 0.15) is 11.5 Å². The molecule has 1 aromatic carbocycles. The average Bonchev–Trinajstić information content (AvgIpc) is 3.17. The van der Waals surface area contributed by atoms with Gasteiger partial charge in [0.15, 0.2) is 0 Å². The summed E-state index contributed by atoms with van der Waals surface area (Å²) >= 11 is 3.58. The monoisotopic (exact) mass is 397 g/mol. The molecule has 25 heavy (non-hydrogen) atoms. The molecule has 0 atom stereocenters. The van der Waals surface area contributed by atoms with Crippen LogP contribution in [0.1, 0.15) is 19.3 Å². The van der Waals surface area contributed by atoms with Gasteiger partial charge in [0.2, 0.25) is 5.95 Å². The summed E-state index contributed by atoms with van der Waals surface area (Å²) in [7, 11) is 0. The Morgan fingerprint density at radius 3 is 2.96 bits per heavy atom. The second-order valence-corrected chi connectivity index (χ2v) is 7.18. The molecule has 0 amide bonds. The first kappa shape index (κ1) is 14.7. The molecule has 1 aliphatic carbocycles. The lowest BCUT2D eigenvalue weighted by Gasteiger charge is -2.27. The number of nitrogens with one attached hydrogen (secondary N) is 4. The Kier molecular flexibility index (Phi) is 3.37. The summed E-state index contributed by atoms with van der Waals surface area (Å²) in [6.07, 6.45) is 7.35. The number of halogens is 1. The van der Waals surface area contributed by atoms with Crippen LogP contribution in [0, 0.1) is 0 Å². The second kappa shape index (κ2) is 5.73. The van der Waals surface area contributed by atoms with Crippen LogP contribution in [0.15, 0.2) is 35.1 Å². The number of hydrogen-bond acceptors (Lipinski definition) is 5. The van der Waals surface area contributed by atoms with E-state index in [1.807, 2.05) is 24.4 Å². The highest BCUT2D eigenvalue weighted by Crippen LogP contribution is 2.33. The first-order chi connectivity index (χ1) is 12.3. The predicted molar refractivity (Wildman–Crippen MR) is 102 cm³/mol. The molecule has 0 aliphatic heterocycles. The quantitative estimate of drug-likeness (QED) is 0.411. The Morgan fingerprint density at radius 1 is 1.20 bits per heavy atom. The van der Waals surface area contributed by atoms with E-state index in [0.717, 1.165) is 37.9 Å². The summed E-state index contributed by atoms with van der Waals surface area (Å²) in [5.41, 5.74) is 2.69. The molecule has 4 N–H and O–H groups in total. The van der Waals surface area contributed by atoms with E-state index in [-0.39, 0.29) is 0 Å². The van der Waals surface area contributed by atoms with E-state index in [1.54, 1.807) is 6.20 Å². The number of aromatic amines is 2. The molecular formula is C17H16BrN7. The average molecular weight is 398 g/mol. The van der Waals surface area contributed by atoms with Crippen LogP contribution >= 0.6 is 15.9 Å². The van der Waals surface area contributed by atoms with Gasteiger partial charge < -0.3 is 15.6 Å². The highest BCUT2D eigenvalue weighted by atomic mass is 79.9. The normalized spacial score (nSPS) is 14.8. The van der Waals surface area contributed by atoms with Gasteiger partial charge in [-0.1, -0.05) is 0 Å². The summed E-state index contributed by atoms with van der Waals surface area (Å²) in [5, 5.41) is 15.9. The molecule has 0 unspecified atom stereocenters. The van der Waals surface area contributed by atoms with Crippen molar-refractivity contribution >= 4 is 55.3 Å². The van der Waals surface area contributed by atoms with Gasteiger partial charge in [0.05, 0.1) is 17.1 Å². The van der Waals surface area contributed by atoms with Crippen LogP contribution in [0.2, 0.25) is 0 Å². The maximum Gasteiger partial charge on any atom is 0.231 e. The zero-order valence-corrected chi connectivity index (χ0v) is 14.9. The van der Waals surface area contributed by atoms with Crippen molar-refractivity contribution in [2.75, 3.05) is 10.6 Å². The zero-order valence-electron chi connectivity index (χ0n) is 13.3. The number of benzene rings is 1. The highest BCUT2D eigenvalue weighted by molar-refractivity contribution is 9.10. The summed E-state index contributed by atoms with van der Waals surface area (Å²) in [4.78, 5) is 12.5. The molecule has 3 heterocycles. The van der Waals surface area contributed by atoms with E-state index >= 15 is 0 Å².